The van der Waals surface area contributed by atoms with Gasteiger partial charge in [0, 0.05) is 31.6 Å². The van der Waals surface area contributed by atoms with Gasteiger partial charge in [0.1, 0.15) is 4.88 Å². The van der Waals surface area contributed by atoms with Crippen LogP contribution in [0, 0.1) is 0 Å². The van der Waals surface area contributed by atoms with Gasteiger partial charge in [-0.05, 0) is 79.0 Å². The molecule has 0 atom stereocenters. The molecule has 8 aromatic carbocycles. The van der Waals surface area contributed by atoms with Crippen molar-refractivity contribution in [3.05, 3.63) is 59.5 Å². The molecule has 1 aromatic heterocycles. The first-order chi connectivity index (χ1) is 24.5. The van der Waals surface area contributed by atoms with E-state index in [-0.39, 0.29) is 12.6 Å². The number of carbonyl (C=O) groups is 1. The maximum absolute atomic E-state index is 13.5. The smallest absolute Gasteiger partial charge is 0.348 e. The van der Waals surface area contributed by atoms with E-state index in [9.17, 15) is 4.79 Å². The van der Waals surface area contributed by atoms with Crippen LogP contribution in [-0.4, -0.2) is 55.2 Å². The summed E-state index contributed by atoms with van der Waals surface area (Å²) in [5.41, 5.74) is 0. The van der Waals surface area contributed by atoms with E-state index >= 15 is 0 Å². The summed E-state index contributed by atoms with van der Waals surface area (Å²) in [6.07, 6.45) is 0. The van der Waals surface area contributed by atoms with Crippen molar-refractivity contribution in [2.24, 2.45) is 0 Å². The normalized spacial score (nSPS) is 12.1. The van der Waals surface area contributed by atoms with Crippen molar-refractivity contribution >= 4 is 103 Å². The second kappa shape index (κ2) is 10.9. The molecule has 0 fully saturated rings. The van der Waals surface area contributed by atoms with Crippen LogP contribution in [0.1, 0.15) is 16.6 Å². The average molecular weight is 685 g/mol. The molecular weight excluding hydrogens is 653 g/mol. The molecule has 0 saturated heterocycles. The Kier molecular flexibility index (Phi) is 6.64. The van der Waals surface area contributed by atoms with Gasteiger partial charge in [-0.15, -0.1) is 11.3 Å². The van der Waals surface area contributed by atoms with E-state index < -0.39 is 0 Å². The summed E-state index contributed by atoms with van der Waals surface area (Å²) in [6, 6.07) is 18.9. The molecule has 0 spiro atoms. The first kappa shape index (κ1) is 30.4. The van der Waals surface area contributed by atoms with E-state index in [0.29, 0.717) is 39.4 Å². The topological polar surface area (TPSA) is 81.7 Å². The molecule has 50 heavy (non-hydrogen) atoms. The van der Waals surface area contributed by atoms with Crippen LogP contribution in [-0.2, 0) is 4.74 Å². The highest BCUT2D eigenvalue weighted by Gasteiger charge is 2.31. The Hall–Kier alpha value is -5.67. The van der Waals surface area contributed by atoms with Crippen molar-refractivity contribution in [2.75, 3.05) is 49.3 Å². The van der Waals surface area contributed by atoms with E-state index in [4.69, 9.17) is 33.2 Å². The number of methoxy groups -OCH3 is 6. The molecule has 0 unspecified atom stereocenters. The number of fused-ring (bicyclic) bond motifs is 10. The molecule has 8 nitrogen and oxygen atoms in total. The van der Waals surface area contributed by atoms with E-state index in [2.05, 4.69) is 36.4 Å². The minimum absolute atomic E-state index is 0.269. The summed E-state index contributed by atoms with van der Waals surface area (Å²) in [4.78, 5) is 14.0. The maximum atomic E-state index is 13.5. The van der Waals surface area contributed by atoms with Crippen LogP contribution in [0.3, 0.4) is 0 Å². The highest BCUT2D eigenvalue weighted by molar-refractivity contribution is 7.22. The van der Waals surface area contributed by atoms with Crippen LogP contribution in [0.4, 0.5) is 0 Å². The number of esters is 1. The lowest BCUT2D eigenvalue weighted by Gasteiger charge is -2.25. The number of hydrogen-bond acceptors (Lipinski definition) is 9. The molecule has 0 aliphatic carbocycles. The fraction of sp³-hybridized carbons (Fsp3) is 0.195. The van der Waals surface area contributed by atoms with Crippen LogP contribution in [0.25, 0.3) is 85.5 Å². The van der Waals surface area contributed by atoms with Gasteiger partial charge in [0.25, 0.3) is 0 Å². The molecule has 0 aliphatic heterocycles. The number of hydrogen-bond donors (Lipinski definition) is 0. The van der Waals surface area contributed by atoms with Gasteiger partial charge in [0.15, 0.2) is 23.0 Å². The molecule has 9 heteroatoms. The third kappa shape index (κ3) is 3.62. The van der Waals surface area contributed by atoms with E-state index in [1.807, 2.05) is 25.1 Å². The highest BCUT2D eigenvalue weighted by atomic mass is 32.1. The summed E-state index contributed by atoms with van der Waals surface area (Å²) in [7, 11) is 9.81. The van der Waals surface area contributed by atoms with Gasteiger partial charge >= 0.3 is 5.97 Å². The first-order valence-electron chi connectivity index (χ1n) is 16.2. The third-order valence-electron chi connectivity index (χ3n) is 10.1. The molecule has 250 valence electrons. The van der Waals surface area contributed by atoms with Crippen molar-refractivity contribution in [1.29, 1.82) is 0 Å². The fourth-order valence-electron chi connectivity index (χ4n) is 8.35. The fourth-order valence-corrected chi connectivity index (χ4v) is 9.47. The van der Waals surface area contributed by atoms with Crippen LogP contribution >= 0.6 is 11.3 Å². The summed E-state index contributed by atoms with van der Waals surface area (Å²) < 4.78 is 42.5. The van der Waals surface area contributed by atoms with Crippen molar-refractivity contribution in [3.63, 3.8) is 0 Å². The van der Waals surface area contributed by atoms with Crippen LogP contribution in [0.15, 0.2) is 54.6 Å². The minimum Gasteiger partial charge on any atom is -0.493 e. The van der Waals surface area contributed by atoms with Crippen LogP contribution in [0.5, 0.6) is 34.5 Å². The quantitative estimate of drug-likeness (QED) is 0.0889. The zero-order valence-corrected chi connectivity index (χ0v) is 29.4. The van der Waals surface area contributed by atoms with Gasteiger partial charge in [-0.2, -0.15) is 0 Å². The average Bonchev–Trinajstić information content (AvgIpc) is 3.60. The van der Waals surface area contributed by atoms with Gasteiger partial charge in [-0.1, -0.05) is 36.4 Å². The third-order valence-corrected chi connectivity index (χ3v) is 11.2. The Morgan fingerprint density at radius 1 is 0.500 bits per heavy atom. The van der Waals surface area contributed by atoms with Crippen molar-refractivity contribution in [3.8, 4) is 34.5 Å². The number of benzene rings is 8. The predicted octanol–water partition coefficient (Wildman–Crippen LogP) is 10.1. The van der Waals surface area contributed by atoms with Crippen LogP contribution in [0.2, 0.25) is 0 Å². The van der Waals surface area contributed by atoms with Gasteiger partial charge in [-0.3, -0.25) is 0 Å². The Labute approximate surface area is 290 Å². The molecule has 9 rings (SSSR count). The lowest BCUT2D eigenvalue weighted by molar-refractivity contribution is 0.0532. The molecule has 0 amide bonds. The standard InChI is InChI=1S/C41H32O8S/c1-8-49-41(42)27-17-24-30-22-15-25(43-2)36(45-4)38(47-6)31(22)20-13-9-11-18-19-12-10-14-21-29(19)35(34(30)28(18)20)33(40(24)50-27)23-16-26(44-3)37(46-5)39(48-7)32(21)23/h9-17H,8H2,1-7H3. The zero-order chi connectivity index (χ0) is 34.6. The molecular formula is C41H32O8S. The summed E-state index contributed by atoms with van der Waals surface area (Å²) in [6.45, 7) is 2.09. The Morgan fingerprint density at radius 3 is 1.44 bits per heavy atom. The molecule has 0 bridgehead atoms. The SMILES string of the molecule is CCOC(=O)c1cc2c(s1)c1c3cc(OC)c(OC)c(OC)c3c3cccc4c5cccc6c7c(OC)c(OC)c(OC)cc7c2c(c56)c1c43. The zero-order valence-electron chi connectivity index (χ0n) is 28.6. The van der Waals surface area contributed by atoms with Gasteiger partial charge < -0.3 is 33.2 Å². The summed E-state index contributed by atoms with van der Waals surface area (Å²) in [5.74, 6) is 2.93. The Morgan fingerprint density at radius 2 is 0.960 bits per heavy atom. The van der Waals surface area contributed by atoms with Crippen molar-refractivity contribution in [2.45, 2.75) is 6.92 Å². The molecule has 0 aliphatic rings. The van der Waals surface area contributed by atoms with E-state index in [1.165, 1.54) is 11.3 Å². The van der Waals surface area contributed by atoms with E-state index in [0.717, 1.165) is 85.5 Å². The largest absolute Gasteiger partial charge is 0.493 e. The lowest BCUT2D eigenvalue weighted by Crippen LogP contribution is -2.01. The molecule has 0 radical (unpaired) electrons. The number of thiophene rings is 1. The molecule has 1 heterocycles. The summed E-state index contributed by atoms with van der Waals surface area (Å²) in [5, 5.41) is 15.2. The van der Waals surface area contributed by atoms with Gasteiger partial charge in [0.05, 0.1) is 49.3 Å². The second-order valence-corrected chi connectivity index (χ2v) is 13.2. The highest BCUT2D eigenvalue weighted by Crippen LogP contribution is 2.59. The predicted molar refractivity (Wildman–Crippen MR) is 202 cm³/mol. The van der Waals surface area contributed by atoms with Crippen molar-refractivity contribution in [1.82, 2.24) is 0 Å². The molecule has 9 aromatic rings. The molecule has 0 saturated carbocycles. The Balaban J connectivity index is 1.72. The number of carbonyl (C=O) groups excluding carboxylic acids is 1. The van der Waals surface area contributed by atoms with Crippen molar-refractivity contribution < 1.29 is 38.0 Å². The lowest BCUT2D eigenvalue weighted by atomic mass is 9.80. The monoisotopic (exact) mass is 684 g/mol. The van der Waals surface area contributed by atoms with Crippen LogP contribution < -0.4 is 28.4 Å². The minimum atomic E-state index is -0.366. The number of ether oxygens (including phenoxy) is 7. The van der Waals surface area contributed by atoms with Gasteiger partial charge in [-0.25, -0.2) is 4.79 Å². The Bertz CT molecular complexity index is 2680. The maximum Gasteiger partial charge on any atom is 0.348 e. The first-order valence-corrected chi connectivity index (χ1v) is 17.0. The summed E-state index contributed by atoms with van der Waals surface area (Å²) >= 11 is 1.43. The van der Waals surface area contributed by atoms with Gasteiger partial charge in [0.2, 0.25) is 11.5 Å². The molecule has 0 N–H and O–H groups in total. The number of rotatable bonds is 8. The van der Waals surface area contributed by atoms with E-state index in [1.54, 1.807) is 42.7 Å². The second-order valence-electron chi connectivity index (χ2n) is 12.2.